The van der Waals surface area contributed by atoms with Crippen molar-refractivity contribution >= 4 is 23.4 Å². The Morgan fingerprint density at radius 1 is 1.07 bits per heavy atom. The smallest absolute Gasteiger partial charge is 0.375 e. The first-order chi connectivity index (χ1) is 21.0. The molecule has 44 heavy (non-hydrogen) atoms. The molecule has 0 amide bonds. The summed E-state index contributed by atoms with van der Waals surface area (Å²) in [7, 11) is 1.46. The van der Waals surface area contributed by atoms with Crippen LogP contribution in [0.3, 0.4) is 0 Å². The Kier molecular flexibility index (Phi) is 8.65. The number of nitrogens with zero attached hydrogens (tertiary/aromatic N) is 4. The maximum absolute atomic E-state index is 14.2. The zero-order valence-electron chi connectivity index (χ0n) is 23.0. The molecule has 6 rings (SSSR count). The van der Waals surface area contributed by atoms with Gasteiger partial charge in [0.25, 0.3) is 0 Å². The van der Waals surface area contributed by atoms with Gasteiger partial charge in [0.1, 0.15) is 57.8 Å². The van der Waals surface area contributed by atoms with Crippen molar-refractivity contribution in [2.24, 2.45) is 0 Å². The Bertz CT molecular complexity index is 1620. The number of aromatic nitrogens is 4. The number of hydrogen-bond donors (Lipinski definition) is 0. The number of aryl methyl sites for hydroxylation is 1. The molecule has 0 bridgehead atoms. The highest BCUT2D eigenvalue weighted by atomic mass is 35.5. The van der Waals surface area contributed by atoms with Crippen molar-refractivity contribution in [3.8, 4) is 11.3 Å². The maximum Gasteiger partial charge on any atom is 0.433 e. The molecule has 2 aromatic heterocycles. The number of halogens is 6. The summed E-state index contributed by atoms with van der Waals surface area (Å²) in [4.78, 5) is 4.06. The maximum atomic E-state index is 14.2. The third-order valence-electron chi connectivity index (χ3n) is 7.32. The average molecular weight is 655 g/mol. The van der Waals surface area contributed by atoms with Crippen LogP contribution in [0.15, 0.2) is 65.8 Å². The predicted octanol–water partition coefficient (Wildman–Crippen LogP) is 6.79. The SMILES string of the molecule is CO[C@H]1C(n2cc(-c3cc(F)c(Cl)c(F)c3)nn2)[C@H]2OC(c3ccccc3)OCC2O[C@@H]1Sc1cnc(C(F)(F)F)c(C)c1. The van der Waals surface area contributed by atoms with Gasteiger partial charge in [-0.25, -0.2) is 13.5 Å². The van der Waals surface area contributed by atoms with Crippen LogP contribution in [-0.4, -0.2) is 57.4 Å². The van der Waals surface area contributed by atoms with E-state index >= 15 is 0 Å². The van der Waals surface area contributed by atoms with Crippen molar-refractivity contribution in [3.05, 3.63) is 94.4 Å². The fourth-order valence-electron chi connectivity index (χ4n) is 5.30. The van der Waals surface area contributed by atoms with Crippen LogP contribution in [0, 0.1) is 18.6 Å². The Balaban J connectivity index is 1.36. The lowest BCUT2D eigenvalue weighted by atomic mass is 9.95. The first kappa shape index (κ1) is 30.9. The summed E-state index contributed by atoms with van der Waals surface area (Å²) in [6.07, 6.45) is -4.82. The van der Waals surface area contributed by atoms with Crippen molar-refractivity contribution in [3.63, 3.8) is 0 Å². The molecule has 0 N–H and O–H groups in total. The minimum Gasteiger partial charge on any atom is -0.375 e. The highest BCUT2D eigenvalue weighted by Crippen LogP contribution is 2.45. The summed E-state index contributed by atoms with van der Waals surface area (Å²) in [5, 5.41) is 7.77. The van der Waals surface area contributed by atoms with Gasteiger partial charge in [0, 0.05) is 29.3 Å². The van der Waals surface area contributed by atoms with E-state index in [1.165, 1.54) is 31.0 Å². The molecule has 3 unspecified atom stereocenters. The molecule has 8 nitrogen and oxygen atoms in total. The van der Waals surface area contributed by atoms with E-state index in [0.29, 0.717) is 4.90 Å². The van der Waals surface area contributed by atoms with E-state index in [9.17, 15) is 22.0 Å². The second kappa shape index (κ2) is 12.3. The molecule has 0 spiro atoms. The van der Waals surface area contributed by atoms with E-state index in [1.807, 2.05) is 30.3 Å². The summed E-state index contributed by atoms with van der Waals surface area (Å²) in [5.41, 5.74) is -0.745. The molecule has 2 saturated heterocycles. The van der Waals surface area contributed by atoms with Crippen LogP contribution < -0.4 is 0 Å². The summed E-state index contributed by atoms with van der Waals surface area (Å²) in [6, 6.07) is 12.0. The second-order valence-electron chi connectivity index (χ2n) is 10.2. The molecule has 2 aliphatic heterocycles. The molecule has 2 aromatic carbocycles. The van der Waals surface area contributed by atoms with Crippen LogP contribution in [0.1, 0.15) is 29.2 Å². The molecule has 2 fully saturated rings. The lowest BCUT2D eigenvalue weighted by molar-refractivity contribution is -0.308. The van der Waals surface area contributed by atoms with Crippen molar-refractivity contribution in [1.29, 1.82) is 0 Å². The van der Waals surface area contributed by atoms with Crippen LogP contribution in [0.2, 0.25) is 5.02 Å². The standard InChI is InChI=1S/C29H24ClF5N4O4S/c1-14-8-17(11-36-26(14)29(33,34)35)44-28-25(40-2)23(24-21(42-28)13-41-27(43-24)15-6-4-3-5-7-15)39-12-20(37-38-39)16-9-18(31)22(30)19(32)10-16/h3-12,21,23-25,27-28H,13H2,1-2H3/t21?,23?,24-,25-,27?,28+/m0/s1. The zero-order chi connectivity index (χ0) is 31.2. The topological polar surface area (TPSA) is 80.5 Å². The van der Waals surface area contributed by atoms with Gasteiger partial charge in [-0.2, -0.15) is 13.2 Å². The first-order valence-corrected chi connectivity index (χ1v) is 14.6. The van der Waals surface area contributed by atoms with Gasteiger partial charge in [-0.1, -0.05) is 58.9 Å². The monoisotopic (exact) mass is 654 g/mol. The number of thioether (sulfide) groups is 1. The van der Waals surface area contributed by atoms with Gasteiger partial charge in [-0.3, -0.25) is 4.98 Å². The van der Waals surface area contributed by atoms with Crippen LogP contribution in [0.25, 0.3) is 11.3 Å². The summed E-state index contributed by atoms with van der Waals surface area (Å²) < 4.78 is 94.6. The van der Waals surface area contributed by atoms with Gasteiger partial charge in [0.05, 0.1) is 12.8 Å². The molecule has 232 valence electrons. The van der Waals surface area contributed by atoms with Crippen LogP contribution in [-0.2, 0) is 25.1 Å². The molecule has 15 heteroatoms. The Hall–Kier alpha value is -3.14. The number of benzene rings is 2. The minimum atomic E-state index is -4.59. The van der Waals surface area contributed by atoms with Gasteiger partial charge in [0.15, 0.2) is 6.29 Å². The molecule has 4 heterocycles. The normalized spacial score (nSPS) is 25.5. The van der Waals surface area contributed by atoms with Gasteiger partial charge in [-0.05, 0) is 30.7 Å². The van der Waals surface area contributed by atoms with Gasteiger partial charge >= 0.3 is 6.18 Å². The Morgan fingerprint density at radius 3 is 2.45 bits per heavy atom. The van der Waals surface area contributed by atoms with E-state index in [4.69, 9.17) is 30.5 Å². The van der Waals surface area contributed by atoms with Crippen molar-refractivity contribution in [2.75, 3.05) is 13.7 Å². The van der Waals surface area contributed by atoms with Crippen LogP contribution in [0.4, 0.5) is 22.0 Å². The van der Waals surface area contributed by atoms with Crippen LogP contribution >= 0.6 is 23.4 Å². The minimum absolute atomic E-state index is 0.0416. The Labute approximate surface area is 257 Å². The fraction of sp³-hybridized carbons (Fsp3) is 0.345. The number of rotatable bonds is 6. The molecule has 4 aromatic rings. The van der Waals surface area contributed by atoms with Crippen LogP contribution in [0.5, 0.6) is 0 Å². The van der Waals surface area contributed by atoms with E-state index in [1.54, 1.807) is 0 Å². The summed E-state index contributed by atoms with van der Waals surface area (Å²) in [6.45, 7) is 1.45. The highest BCUT2D eigenvalue weighted by molar-refractivity contribution is 7.99. The van der Waals surface area contributed by atoms with Gasteiger partial charge in [-0.15, -0.1) is 5.10 Å². The zero-order valence-corrected chi connectivity index (χ0v) is 24.6. The molecule has 0 saturated carbocycles. The number of alkyl halides is 3. The third-order valence-corrected chi connectivity index (χ3v) is 8.79. The van der Waals surface area contributed by atoms with E-state index < -0.39 is 64.6 Å². The molecular formula is C29H24ClF5N4O4S. The largest absolute Gasteiger partial charge is 0.433 e. The van der Waals surface area contributed by atoms with Gasteiger partial charge < -0.3 is 18.9 Å². The number of hydrogen-bond acceptors (Lipinski definition) is 8. The van der Waals surface area contributed by atoms with Crippen molar-refractivity contribution in [2.45, 2.75) is 54.1 Å². The lowest BCUT2D eigenvalue weighted by Crippen LogP contribution is -2.59. The Morgan fingerprint density at radius 2 is 1.80 bits per heavy atom. The highest BCUT2D eigenvalue weighted by Gasteiger charge is 2.52. The molecule has 0 aliphatic carbocycles. The molecule has 2 aliphatic rings. The quantitative estimate of drug-likeness (QED) is 0.166. The van der Waals surface area contributed by atoms with E-state index in [-0.39, 0.29) is 23.4 Å². The average Bonchev–Trinajstić information content (AvgIpc) is 3.48. The van der Waals surface area contributed by atoms with Crippen molar-refractivity contribution in [1.82, 2.24) is 20.0 Å². The molecule has 0 radical (unpaired) electrons. The van der Waals surface area contributed by atoms with Crippen molar-refractivity contribution < 1.29 is 40.9 Å². The number of methoxy groups -OCH3 is 1. The summed E-state index contributed by atoms with van der Waals surface area (Å²) >= 11 is 6.78. The van der Waals surface area contributed by atoms with E-state index in [2.05, 4.69) is 15.3 Å². The molecular weight excluding hydrogens is 631 g/mol. The molecule has 6 atom stereocenters. The number of ether oxygens (including phenoxy) is 4. The first-order valence-electron chi connectivity index (χ1n) is 13.3. The number of pyridine rings is 1. The third kappa shape index (κ3) is 6.06. The predicted molar refractivity (Wildman–Crippen MR) is 149 cm³/mol. The van der Waals surface area contributed by atoms with Gasteiger partial charge in [0.2, 0.25) is 0 Å². The lowest BCUT2D eigenvalue weighted by Gasteiger charge is -2.48. The fourth-order valence-corrected chi connectivity index (χ4v) is 6.64. The number of fused-ring (bicyclic) bond motifs is 1. The summed E-state index contributed by atoms with van der Waals surface area (Å²) in [5.74, 6) is -1.90. The van der Waals surface area contributed by atoms with E-state index in [0.717, 1.165) is 35.7 Å². The second-order valence-corrected chi connectivity index (χ2v) is 11.7.